The van der Waals surface area contributed by atoms with E-state index in [0.717, 1.165) is 5.56 Å². The topological polar surface area (TPSA) is 66.9 Å². The first-order valence-electron chi connectivity index (χ1n) is 8.66. The second-order valence-corrected chi connectivity index (χ2v) is 6.90. The first-order valence-corrected chi connectivity index (χ1v) is 9.04. The molecule has 1 fully saturated rings. The number of carbonyl (C=O) groups is 1. The van der Waals surface area contributed by atoms with Crippen molar-refractivity contribution in [2.75, 3.05) is 31.5 Å². The molecule has 156 valence electrons. The summed E-state index contributed by atoms with van der Waals surface area (Å²) in [5.74, 6) is 0.0677. The van der Waals surface area contributed by atoms with Crippen molar-refractivity contribution in [2.24, 2.45) is 0 Å². The molecular weight excluding hydrogens is 429 g/mol. The molecule has 29 heavy (non-hydrogen) atoms. The van der Waals surface area contributed by atoms with Gasteiger partial charge in [0.2, 0.25) is 0 Å². The summed E-state index contributed by atoms with van der Waals surface area (Å²) < 4.78 is 35.1. The van der Waals surface area contributed by atoms with Gasteiger partial charge in [-0.05, 0) is 23.8 Å². The Morgan fingerprint density at radius 3 is 2.62 bits per heavy atom. The van der Waals surface area contributed by atoms with Crippen LogP contribution in [0.4, 0.5) is 19.3 Å². The van der Waals surface area contributed by atoms with Crippen LogP contribution in [0.15, 0.2) is 36.7 Å². The minimum atomic E-state index is -3.61. The van der Waals surface area contributed by atoms with Crippen LogP contribution in [0.5, 0.6) is 11.5 Å². The summed E-state index contributed by atoms with van der Waals surface area (Å²) in [7, 11) is 0. The van der Waals surface area contributed by atoms with Gasteiger partial charge in [-0.2, -0.15) is 0 Å². The minimum absolute atomic E-state index is 0. The fourth-order valence-corrected chi connectivity index (χ4v) is 3.28. The second-order valence-electron chi connectivity index (χ2n) is 6.50. The van der Waals surface area contributed by atoms with Crippen LogP contribution in [0.2, 0.25) is 5.02 Å². The quantitative estimate of drug-likeness (QED) is 0.775. The van der Waals surface area contributed by atoms with Gasteiger partial charge in [0.1, 0.15) is 0 Å². The number of nitrogens with zero attached hydrogens (tertiary/aromatic N) is 3. The van der Waals surface area contributed by atoms with Crippen LogP contribution in [-0.2, 0) is 6.54 Å². The summed E-state index contributed by atoms with van der Waals surface area (Å²) in [5.41, 5.74) is 1.30. The predicted octanol–water partition coefficient (Wildman–Crippen LogP) is 3.83. The van der Waals surface area contributed by atoms with Crippen LogP contribution < -0.4 is 14.8 Å². The zero-order chi connectivity index (χ0) is 19.7. The maximum atomic E-state index is 13.1. The maximum absolute atomic E-state index is 13.1. The first kappa shape index (κ1) is 21.4. The van der Waals surface area contributed by atoms with Gasteiger partial charge in [-0.15, -0.1) is 21.2 Å². The van der Waals surface area contributed by atoms with Gasteiger partial charge in [0.25, 0.3) is 0 Å². The highest BCUT2D eigenvalue weighted by molar-refractivity contribution is 6.33. The van der Waals surface area contributed by atoms with Gasteiger partial charge in [-0.1, -0.05) is 17.7 Å². The third-order valence-corrected chi connectivity index (χ3v) is 4.87. The zero-order valence-electron chi connectivity index (χ0n) is 15.1. The number of alkyl halides is 2. The second kappa shape index (κ2) is 8.56. The van der Waals surface area contributed by atoms with Crippen LogP contribution in [0.1, 0.15) is 5.56 Å². The molecule has 0 bridgehead atoms. The smallest absolute Gasteiger partial charge is 0.395 e. The van der Waals surface area contributed by atoms with E-state index in [4.69, 9.17) is 11.6 Å². The van der Waals surface area contributed by atoms with Crippen molar-refractivity contribution in [3.63, 3.8) is 0 Å². The Balaban J connectivity index is 0.00000240. The maximum Gasteiger partial charge on any atom is 0.586 e. The van der Waals surface area contributed by atoms with Crippen molar-refractivity contribution >= 4 is 35.7 Å². The summed E-state index contributed by atoms with van der Waals surface area (Å²) >= 11 is 6.03. The number of benzene rings is 1. The fourth-order valence-electron chi connectivity index (χ4n) is 3.12. The van der Waals surface area contributed by atoms with E-state index in [0.29, 0.717) is 43.4 Å². The molecule has 1 aromatic heterocycles. The van der Waals surface area contributed by atoms with E-state index < -0.39 is 6.29 Å². The molecule has 1 saturated heterocycles. The van der Waals surface area contributed by atoms with Gasteiger partial charge in [-0.3, -0.25) is 9.88 Å². The van der Waals surface area contributed by atoms with E-state index >= 15 is 0 Å². The SMILES string of the molecule is Cl.O=C(Nc1cnccc1Cl)N1CCN(Cc2ccc3c(c2)OC(F)(F)O3)CC1. The number of carbonyl (C=O) groups excluding carboxylic acids is 1. The number of pyridine rings is 1. The van der Waals surface area contributed by atoms with Crippen molar-refractivity contribution < 1.29 is 23.0 Å². The molecule has 2 aromatic rings. The highest BCUT2D eigenvalue weighted by Gasteiger charge is 2.43. The molecule has 11 heteroatoms. The summed E-state index contributed by atoms with van der Waals surface area (Å²) in [6.07, 6.45) is -0.565. The standard InChI is InChI=1S/C18H17ClF2N4O3.ClH/c19-13-3-4-22-10-14(13)23-17(26)25-7-5-24(6-8-25)11-12-1-2-15-16(9-12)28-18(20,21)27-15;/h1-4,9-10H,5-8,11H2,(H,23,26);1H. The Labute approximate surface area is 176 Å². The van der Waals surface area contributed by atoms with Crippen LogP contribution in [-0.4, -0.2) is 53.3 Å². The van der Waals surface area contributed by atoms with Gasteiger partial charge >= 0.3 is 12.3 Å². The molecule has 3 heterocycles. The Kier molecular flexibility index (Phi) is 6.30. The highest BCUT2D eigenvalue weighted by Crippen LogP contribution is 2.41. The van der Waals surface area contributed by atoms with E-state index in [-0.39, 0.29) is 29.9 Å². The number of anilines is 1. The number of halogens is 4. The number of rotatable bonds is 3. The zero-order valence-corrected chi connectivity index (χ0v) is 16.7. The van der Waals surface area contributed by atoms with E-state index in [1.165, 1.54) is 12.3 Å². The van der Waals surface area contributed by atoms with E-state index in [9.17, 15) is 13.6 Å². The molecule has 0 radical (unpaired) electrons. The summed E-state index contributed by atoms with van der Waals surface area (Å²) in [6.45, 7) is 2.93. The lowest BCUT2D eigenvalue weighted by Crippen LogP contribution is -2.49. The van der Waals surface area contributed by atoms with Gasteiger partial charge in [0.05, 0.1) is 16.9 Å². The van der Waals surface area contributed by atoms with E-state index in [1.54, 1.807) is 29.3 Å². The van der Waals surface area contributed by atoms with E-state index in [1.807, 2.05) is 0 Å². The third kappa shape index (κ3) is 4.98. The number of nitrogens with one attached hydrogen (secondary N) is 1. The molecule has 2 amide bonds. The van der Waals surface area contributed by atoms with Crippen molar-refractivity contribution in [3.05, 3.63) is 47.2 Å². The van der Waals surface area contributed by atoms with Crippen molar-refractivity contribution in [1.82, 2.24) is 14.8 Å². The average molecular weight is 447 g/mol. The minimum Gasteiger partial charge on any atom is -0.395 e. The molecule has 1 N–H and O–H groups in total. The molecule has 0 unspecified atom stereocenters. The number of aromatic nitrogens is 1. The molecule has 0 atom stereocenters. The summed E-state index contributed by atoms with van der Waals surface area (Å²) in [6, 6.07) is 6.13. The Bertz CT molecular complexity index is 895. The van der Waals surface area contributed by atoms with Crippen LogP contribution in [0, 0.1) is 0 Å². The van der Waals surface area contributed by atoms with E-state index in [2.05, 4.69) is 24.7 Å². The predicted molar refractivity (Wildman–Crippen MR) is 105 cm³/mol. The van der Waals surface area contributed by atoms with Crippen molar-refractivity contribution in [2.45, 2.75) is 12.8 Å². The number of amides is 2. The van der Waals surface area contributed by atoms with Crippen molar-refractivity contribution in [3.8, 4) is 11.5 Å². The lowest BCUT2D eigenvalue weighted by Gasteiger charge is -2.34. The molecule has 2 aliphatic rings. The molecule has 0 aliphatic carbocycles. The van der Waals surface area contributed by atoms with Crippen LogP contribution in [0.25, 0.3) is 0 Å². The van der Waals surface area contributed by atoms with Gasteiger partial charge in [0.15, 0.2) is 11.5 Å². The van der Waals surface area contributed by atoms with Crippen LogP contribution in [0.3, 0.4) is 0 Å². The highest BCUT2D eigenvalue weighted by atomic mass is 35.5. The third-order valence-electron chi connectivity index (χ3n) is 4.54. The lowest BCUT2D eigenvalue weighted by atomic mass is 10.1. The van der Waals surface area contributed by atoms with Gasteiger partial charge in [0, 0.05) is 38.9 Å². The molecule has 7 nitrogen and oxygen atoms in total. The van der Waals surface area contributed by atoms with Crippen LogP contribution >= 0.6 is 24.0 Å². The Morgan fingerprint density at radius 1 is 1.17 bits per heavy atom. The number of urea groups is 1. The molecule has 0 spiro atoms. The molecule has 1 aromatic carbocycles. The monoisotopic (exact) mass is 446 g/mol. The largest absolute Gasteiger partial charge is 0.586 e. The van der Waals surface area contributed by atoms with Crippen molar-refractivity contribution in [1.29, 1.82) is 0 Å². The molecular formula is C18H18Cl2F2N4O3. The number of hydrogen-bond acceptors (Lipinski definition) is 5. The van der Waals surface area contributed by atoms with Gasteiger partial charge < -0.3 is 19.7 Å². The summed E-state index contributed by atoms with van der Waals surface area (Å²) in [4.78, 5) is 20.2. The number of hydrogen-bond donors (Lipinski definition) is 1. The molecule has 4 rings (SSSR count). The number of piperazine rings is 1. The Morgan fingerprint density at radius 2 is 1.90 bits per heavy atom. The molecule has 0 saturated carbocycles. The van der Waals surface area contributed by atoms with Gasteiger partial charge in [-0.25, -0.2) is 4.79 Å². The number of ether oxygens (including phenoxy) is 2. The fraction of sp³-hybridized carbons (Fsp3) is 0.333. The lowest BCUT2D eigenvalue weighted by molar-refractivity contribution is -0.286. The average Bonchev–Trinajstić information content (AvgIpc) is 2.97. The normalized spacial score (nSPS) is 17.6. The molecule has 2 aliphatic heterocycles. The summed E-state index contributed by atoms with van der Waals surface area (Å²) in [5, 5.41) is 3.18. The first-order chi connectivity index (χ1) is 13.4. The Hall–Kier alpha value is -2.36. The number of fused-ring (bicyclic) bond motifs is 1.